The lowest BCUT2D eigenvalue weighted by molar-refractivity contribution is -0.148. The monoisotopic (exact) mass is 313 g/mol. The van der Waals surface area contributed by atoms with Crippen LogP contribution in [0, 0.1) is 23.7 Å². The molecule has 0 aromatic carbocycles. The zero-order valence-corrected chi connectivity index (χ0v) is 12.4. The number of fused-ring (bicyclic) bond motifs is 2. The first-order valence-electron chi connectivity index (χ1n) is 7.29. The van der Waals surface area contributed by atoms with E-state index in [1.165, 1.54) is 0 Å². The van der Waals surface area contributed by atoms with Gasteiger partial charge in [-0.3, -0.25) is 9.59 Å². The second-order valence-corrected chi connectivity index (χ2v) is 8.53. The zero-order valence-electron chi connectivity index (χ0n) is 11.6. The normalized spacial score (nSPS) is 40.1. The first kappa shape index (κ1) is 14.6. The first-order valence-corrected chi connectivity index (χ1v) is 9.11. The van der Waals surface area contributed by atoms with Gasteiger partial charge in [0.2, 0.25) is 5.91 Å². The fraction of sp³-hybridized carbons (Fsp3) is 0.714. The summed E-state index contributed by atoms with van der Waals surface area (Å²) >= 11 is 0. The van der Waals surface area contributed by atoms with Gasteiger partial charge >= 0.3 is 5.97 Å². The predicted octanol–water partition coefficient (Wildman–Crippen LogP) is 0.203. The molecule has 3 rings (SSSR count). The molecular formula is C14H19NO5S. The van der Waals surface area contributed by atoms with Crippen LogP contribution >= 0.6 is 0 Å². The minimum atomic E-state index is -3.09. The van der Waals surface area contributed by atoms with Gasteiger partial charge in [-0.05, 0) is 31.1 Å². The van der Waals surface area contributed by atoms with Gasteiger partial charge in [0.25, 0.3) is 0 Å². The van der Waals surface area contributed by atoms with E-state index < -0.39 is 27.6 Å². The van der Waals surface area contributed by atoms with Crippen LogP contribution in [0.1, 0.15) is 19.3 Å². The van der Waals surface area contributed by atoms with Gasteiger partial charge in [-0.1, -0.05) is 12.2 Å². The molecule has 3 unspecified atom stereocenters. The van der Waals surface area contributed by atoms with Crippen molar-refractivity contribution in [3.63, 3.8) is 0 Å². The van der Waals surface area contributed by atoms with Crippen molar-refractivity contribution in [2.75, 3.05) is 11.5 Å². The number of nitrogens with one attached hydrogen (secondary N) is 1. The Morgan fingerprint density at radius 3 is 2.43 bits per heavy atom. The van der Waals surface area contributed by atoms with E-state index >= 15 is 0 Å². The Labute approximate surface area is 123 Å². The van der Waals surface area contributed by atoms with Crippen LogP contribution in [0.15, 0.2) is 12.2 Å². The zero-order chi connectivity index (χ0) is 15.2. The summed E-state index contributed by atoms with van der Waals surface area (Å²) < 4.78 is 23.2. The summed E-state index contributed by atoms with van der Waals surface area (Å²) in [4.78, 5) is 23.8. The standard InChI is InChI=1S/C14H19NO5S/c16-13(15-10-2-1-5-21(19,20)7-10)11-8-3-4-9(6-8)12(11)14(17)18/h3-4,8-12H,1-2,5-7H2,(H,15,16)(H,17,18)/t8?,9?,10?,11-,12+/m0/s1. The molecule has 116 valence electrons. The van der Waals surface area contributed by atoms with Crippen LogP contribution in [-0.4, -0.2) is 42.9 Å². The van der Waals surface area contributed by atoms with Crippen molar-refractivity contribution in [1.82, 2.24) is 5.32 Å². The molecule has 6 nitrogen and oxygen atoms in total. The quantitative estimate of drug-likeness (QED) is 0.725. The van der Waals surface area contributed by atoms with Gasteiger partial charge < -0.3 is 10.4 Å². The smallest absolute Gasteiger partial charge is 0.307 e. The summed E-state index contributed by atoms with van der Waals surface area (Å²) in [7, 11) is -3.09. The summed E-state index contributed by atoms with van der Waals surface area (Å²) in [6, 6.07) is -0.381. The van der Waals surface area contributed by atoms with Gasteiger partial charge in [-0.2, -0.15) is 0 Å². The Kier molecular flexibility index (Phi) is 3.55. The fourth-order valence-electron chi connectivity index (χ4n) is 3.95. The fourth-order valence-corrected chi connectivity index (χ4v) is 5.59. The van der Waals surface area contributed by atoms with Crippen LogP contribution in [0.25, 0.3) is 0 Å². The van der Waals surface area contributed by atoms with Crippen LogP contribution in [0.5, 0.6) is 0 Å². The number of carboxylic acid groups (broad SMARTS) is 1. The third kappa shape index (κ3) is 2.71. The average Bonchev–Trinajstić information content (AvgIpc) is 2.97. The largest absolute Gasteiger partial charge is 0.481 e. The highest BCUT2D eigenvalue weighted by Gasteiger charge is 2.51. The lowest BCUT2D eigenvalue weighted by Crippen LogP contribution is -2.48. The topological polar surface area (TPSA) is 101 Å². The Hall–Kier alpha value is -1.37. The van der Waals surface area contributed by atoms with Gasteiger partial charge in [0.15, 0.2) is 9.84 Å². The van der Waals surface area contributed by atoms with Crippen LogP contribution in [-0.2, 0) is 19.4 Å². The van der Waals surface area contributed by atoms with Crippen molar-refractivity contribution < 1.29 is 23.1 Å². The van der Waals surface area contributed by atoms with E-state index in [9.17, 15) is 23.1 Å². The van der Waals surface area contributed by atoms with Crippen LogP contribution < -0.4 is 5.32 Å². The average molecular weight is 313 g/mol. The maximum absolute atomic E-state index is 12.4. The summed E-state index contributed by atoms with van der Waals surface area (Å²) in [6.07, 6.45) is 5.70. The van der Waals surface area contributed by atoms with Gasteiger partial charge in [0.1, 0.15) is 0 Å². The van der Waals surface area contributed by atoms with Crippen molar-refractivity contribution >= 4 is 21.7 Å². The number of rotatable bonds is 3. The van der Waals surface area contributed by atoms with E-state index in [1.807, 2.05) is 12.2 Å². The third-order valence-electron chi connectivity index (χ3n) is 4.86. The Bertz CT molecular complexity index is 596. The maximum Gasteiger partial charge on any atom is 0.307 e. The number of allylic oxidation sites excluding steroid dienone is 2. The lowest BCUT2D eigenvalue weighted by Gasteiger charge is -2.28. The van der Waals surface area contributed by atoms with Crippen molar-refractivity contribution in [3.8, 4) is 0 Å². The molecule has 1 amide bonds. The SMILES string of the molecule is O=C(O)[C@@H]1C2C=CC(C2)[C@@H]1C(=O)NC1CCCS(=O)(=O)C1. The van der Waals surface area contributed by atoms with Gasteiger partial charge in [-0.25, -0.2) is 8.42 Å². The van der Waals surface area contributed by atoms with Crippen LogP contribution in [0.2, 0.25) is 0 Å². The third-order valence-corrected chi connectivity index (χ3v) is 6.68. The number of sulfone groups is 1. The number of carboxylic acids is 1. The van der Waals surface area contributed by atoms with Crippen LogP contribution in [0.3, 0.4) is 0 Å². The second-order valence-electron chi connectivity index (χ2n) is 6.30. The van der Waals surface area contributed by atoms with E-state index in [0.717, 1.165) is 0 Å². The van der Waals surface area contributed by atoms with E-state index in [-0.39, 0.29) is 35.3 Å². The Morgan fingerprint density at radius 1 is 1.14 bits per heavy atom. The molecule has 2 bridgehead atoms. The van der Waals surface area contributed by atoms with Crippen molar-refractivity contribution in [1.29, 1.82) is 0 Å². The number of carbonyl (C=O) groups excluding carboxylic acids is 1. The molecule has 2 aliphatic carbocycles. The minimum Gasteiger partial charge on any atom is -0.481 e. The highest BCUT2D eigenvalue weighted by Crippen LogP contribution is 2.48. The summed E-state index contributed by atoms with van der Waals surface area (Å²) in [5.41, 5.74) is 0. The predicted molar refractivity (Wildman–Crippen MR) is 75.2 cm³/mol. The Balaban J connectivity index is 1.70. The van der Waals surface area contributed by atoms with Crippen molar-refractivity contribution in [3.05, 3.63) is 12.2 Å². The molecule has 21 heavy (non-hydrogen) atoms. The molecule has 5 atom stereocenters. The maximum atomic E-state index is 12.4. The summed E-state index contributed by atoms with van der Waals surface area (Å²) in [6.45, 7) is 0. The lowest BCUT2D eigenvalue weighted by atomic mass is 9.82. The molecule has 2 fully saturated rings. The Morgan fingerprint density at radius 2 is 1.81 bits per heavy atom. The first-order chi connectivity index (χ1) is 9.87. The molecule has 0 aromatic rings. The van der Waals surface area contributed by atoms with E-state index in [0.29, 0.717) is 19.3 Å². The van der Waals surface area contributed by atoms with E-state index in [1.54, 1.807) is 0 Å². The minimum absolute atomic E-state index is 0.0312. The summed E-state index contributed by atoms with van der Waals surface area (Å²) in [5.74, 6) is -2.46. The van der Waals surface area contributed by atoms with Crippen LogP contribution in [0.4, 0.5) is 0 Å². The molecule has 1 saturated heterocycles. The number of carbonyl (C=O) groups is 2. The molecule has 7 heteroatoms. The molecule has 1 heterocycles. The molecule has 0 aromatic heterocycles. The van der Waals surface area contributed by atoms with Crippen molar-refractivity contribution in [2.45, 2.75) is 25.3 Å². The van der Waals surface area contributed by atoms with Gasteiger partial charge in [-0.15, -0.1) is 0 Å². The van der Waals surface area contributed by atoms with Crippen molar-refractivity contribution in [2.24, 2.45) is 23.7 Å². The molecule has 1 aliphatic heterocycles. The number of aliphatic carboxylic acids is 1. The molecule has 1 saturated carbocycles. The molecular weight excluding hydrogens is 294 g/mol. The summed E-state index contributed by atoms with van der Waals surface area (Å²) in [5, 5.41) is 12.1. The van der Waals surface area contributed by atoms with Gasteiger partial charge in [0.05, 0.1) is 23.3 Å². The van der Waals surface area contributed by atoms with E-state index in [4.69, 9.17) is 0 Å². The number of amides is 1. The molecule has 2 N–H and O–H groups in total. The highest BCUT2D eigenvalue weighted by atomic mass is 32.2. The van der Waals surface area contributed by atoms with Gasteiger partial charge in [0, 0.05) is 6.04 Å². The number of hydrogen-bond acceptors (Lipinski definition) is 4. The molecule has 3 aliphatic rings. The molecule has 0 radical (unpaired) electrons. The van der Waals surface area contributed by atoms with E-state index in [2.05, 4.69) is 5.32 Å². The molecule has 0 spiro atoms. The highest BCUT2D eigenvalue weighted by molar-refractivity contribution is 7.91. The second kappa shape index (κ2) is 5.12. The number of hydrogen-bond donors (Lipinski definition) is 2.